The molecule has 1 amide bonds. The third-order valence-electron chi connectivity index (χ3n) is 3.24. The molecular weight excluding hydrogens is 286 g/mol. The lowest BCUT2D eigenvalue weighted by molar-refractivity contribution is 0.102. The topological polar surface area (TPSA) is 58.4 Å². The Bertz CT molecular complexity index is 683. The number of nitrogens with one attached hydrogen (secondary N) is 1. The van der Waals surface area contributed by atoms with Gasteiger partial charge in [-0.05, 0) is 30.7 Å². The van der Waals surface area contributed by atoms with E-state index in [0.29, 0.717) is 22.0 Å². The fourth-order valence-corrected chi connectivity index (χ4v) is 2.30. The smallest absolute Gasteiger partial charge is 0.255 e. The van der Waals surface area contributed by atoms with Gasteiger partial charge in [-0.25, -0.2) is 0 Å². The van der Waals surface area contributed by atoms with Crippen LogP contribution in [0.4, 0.5) is 17.1 Å². The zero-order chi connectivity index (χ0) is 15.6. The van der Waals surface area contributed by atoms with Gasteiger partial charge in [0.25, 0.3) is 5.91 Å². The third kappa shape index (κ3) is 3.28. The molecule has 4 nitrogen and oxygen atoms in total. The summed E-state index contributed by atoms with van der Waals surface area (Å²) in [6.45, 7) is 1.89. The Labute approximate surface area is 129 Å². The maximum Gasteiger partial charge on any atom is 0.255 e. The van der Waals surface area contributed by atoms with Crippen LogP contribution in [0.25, 0.3) is 0 Å². The first-order chi connectivity index (χ1) is 9.90. The van der Waals surface area contributed by atoms with Gasteiger partial charge in [0.15, 0.2) is 0 Å². The second kappa shape index (κ2) is 6.06. The van der Waals surface area contributed by atoms with Gasteiger partial charge in [-0.15, -0.1) is 0 Å². The summed E-state index contributed by atoms with van der Waals surface area (Å²) in [5, 5.41) is 3.25. The molecule has 0 bridgehead atoms. The lowest BCUT2D eigenvalue weighted by Gasteiger charge is -2.18. The number of rotatable bonds is 3. The Morgan fingerprint density at radius 2 is 1.90 bits per heavy atom. The standard InChI is InChI=1S/C16H18ClN3O/c1-10-6-4-5-7-11(10)16(21)19-14-9-15(20(2)3)13(18)8-12(14)17/h4-9H,18H2,1-3H3,(H,19,21). The van der Waals surface area contributed by atoms with Gasteiger partial charge in [0.1, 0.15) is 0 Å². The Balaban J connectivity index is 2.34. The molecule has 0 unspecified atom stereocenters. The molecule has 0 aromatic heterocycles. The van der Waals surface area contributed by atoms with Gasteiger partial charge in [-0.1, -0.05) is 29.8 Å². The summed E-state index contributed by atoms with van der Waals surface area (Å²) in [4.78, 5) is 14.2. The molecule has 0 spiro atoms. The number of benzene rings is 2. The van der Waals surface area contributed by atoms with Crippen LogP contribution in [0.5, 0.6) is 0 Å². The van der Waals surface area contributed by atoms with Crippen LogP contribution in [-0.2, 0) is 0 Å². The molecular formula is C16H18ClN3O. The van der Waals surface area contributed by atoms with Gasteiger partial charge < -0.3 is 16.0 Å². The zero-order valence-corrected chi connectivity index (χ0v) is 13.0. The van der Waals surface area contributed by atoms with E-state index in [9.17, 15) is 4.79 Å². The van der Waals surface area contributed by atoms with E-state index in [1.807, 2.05) is 44.1 Å². The van der Waals surface area contributed by atoms with Gasteiger partial charge in [0, 0.05) is 19.7 Å². The van der Waals surface area contributed by atoms with Gasteiger partial charge >= 0.3 is 0 Å². The number of nitrogens with two attached hydrogens (primary N) is 1. The van der Waals surface area contributed by atoms with Crippen LogP contribution in [0.3, 0.4) is 0 Å². The largest absolute Gasteiger partial charge is 0.397 e. The molecule has 0 aliphatic carbocycles. The first kappa shape index (κ1) is 15.2. The Morgan fingerprint density at radius 1 is 1.24 bits per heavy atom. The van der Waals surface area contributed by atoms with Crippen LogP contribution in [0.2, 0.25) is 5.02 Å². The predicted molar refractivity (Wildman–Crippen MR) is 89.3 cm³/mol. The summed E-state index contributed by atoms with van der Waals surface area (Å²) >= 11 is 6.16. The summed E-state index contributed by atoms with van der Waals surface area (Å²) in [6.07, 6.45) is 0. The number of nitrogens with zero attached hydrogens (tertiary/aromatic N) is 1. The second-order valence-corrected chi connectivity index (χ2v) is 5.46. The zero-order valence-electron chi connectivity index (χ0n) is 12.3. The summed E-state index contributed by atoms with van der Waals surface area (Å²) in [6, 6.07) is 10.8. The average Bonchev–Trinajstić information content (AvgIpc) is 2.41. The predicted octanol–water partition coefficient (Wildman–Crippen LogP) is 3.55. The highest BCUT2D eigenvalue weighted by molar-refractivity contribution is 6.34. The average molecular weight is 304 g/mol. The van der Waals surface area contributed by atoms with E-state index < -0.39 is 0 Å². The molecule has 0 atom stereocenters. The summed E-state index contributed by atoms with van der Waals surface area (Å²) in [5.74, 6) is -0.190. The minimum absolute atomic E-state index is 0.190. The molecule has 5 heteroatoms. The lowest BCUT2D eigenvalue weighted by Crippen LogP contribution is -2.16. The van der Waals surface area contributed by atoms with Crippen molar-refractivity contribution < 1.29 is 4.79 Å². The molecule has 0 aliphatic rings. The minimum Gasteiger partial charge on any atom is -0.397 e. The number of carbonyl (C=O) groups is 1. The van der Waals surface area contributed by atoms with E-state index in [1.165, 1.54) is 0 Å². The highest BCUT2D eigenvalue weighted by Crippen LogP contribution is 2.32. The first-order valence-electron chi connectivity index (χ1n) is 6.53. The van der Waals surface area contributed by atoms with Gasteiger partial charge in [0.2, 0.25) is 0 Å². The van der Waals surface area contributed by atoms with Gasteiger partial charge in [-0.3, -0.25) is 4.79 Å². The molecule has 2 rings (SSSR count). The number of halogens is 1. The molecule has 21 heavy (non-hydrogen) atoms. The maximum absolute atomic E-state index is 12.3. The van der Waals surface area contributed by atoms with Crippen molar-refractivity contribution in [2.45, 2.75) is 6.92 Å². The van der Waals surface area contributed by atoms with E-state index in [1.54, 1.807) is 18.2 Å². The fourth-order valence-electron chi connectivity index (χ4n) is 2.08. The van der Waals surface area contributed by atoms with Crippen molar-refractivity contribution in [1.82, 2.24) is 0 Å². The Morgan fingerprint density at radius 3 is 2.52 bits per heavy atom. The Hall–Kier alpha value is -2.20. The SMILES string of the molecule is Cc1ccccc1C(=O)Nc1cc(N(C)C)c(N)cc1Cl. The third-order valence-corrected chi connectivity index (χ3v) is 3.55. The summed E-state index contributed by atoms with van der Waals surface area (Å²) < 4.78 is 0. The van der Waals surface area contributed by atoms with Crippen molar-refractivity contribution in [3.05, 3.63) is 52.5 Å². The molecule has 0 saturated heterocycles. The molecule has 0 radical (unpaired) electrons. The van der Waals surface area contributed by atoms with E-state index in [-0.39, 0.29) is 5.91 Å². The van der Waals surface area contributed by atoms with Crippen LogP contribution < -0.4 is 16.0 Å². The highest BCUT2D eigenvalue weighted by Gasteiger charge is 2.13. The summed E-state index contributed by atoms with van der Waals surface area (Å²) in [5.41, 5.74) is 9.37. The van der Waals surface area contributed by atoms with Crippen LogP contribution >= 0.6 is 11.6 Å². The van der Waals surface area contributed by atoms with E-state index in [0.717, 1.165) is 11.3 Å². The van der Waals surface area contributed by atoms with E-state index in [2.05, 4.69) is 5.32 Å². The normalized spacial score (nSPS) is 10.3. The van der Waals surface area contributed by atoms with E-state index >= 15 is 0 Å². The number of hydrogen-bond donors (Lipinski definition) is 2. The quantitative estimate of drug-likeness (QED) is 0.853. The van der Waals surface area contributed by atoms with Crippen molar-refractivity contribution in [2.24, 2.45) is 0 Å². The van der Waals surface area contributed by atoms with Crippen LogP contribution in [-0.4, -0.2) is 20.0 Å². The van der Waals surface area contributed by atoms with Gasteiger partial charge in [-0.2, -0.15) is 0 Å². The Kier molecular flexibility index (Phi) is 4.38. The van der Waals surface area contributed by atoms with Gasteiger partial charge in [0.05, 0.1) is 22.1 Å². The molecule has 0 aliphatic heterocycles. The van der Waals surface area contributed by atoms with Crippen molar-refractivity contribution in [2.75, 3.05) is 30.0 Å². The monoisotopic (exact) mass is 303 g/mol. The number of carbonyl (C=O) groups excluding carboxylic acids is 1. The van der Waals surface area contributed by atoms with Crippen molar-refractivity contribution >= 4 is 34.6 Å². The summed E-state index contributed by atoms with van der Waals surface area (Å²) in [7, 11) is 3.76. The second-order valence-electron chi connectivity index (χ2n) is 5.05. The fraction of sp³-hybridized carbons (Fsp3) is 0.188. The molecule has 3 N–H and O–H groups in total. The number of hydrogen-bond acceptors (Lipinski definition) is 3. The van der Waals surface area contributed by atoms with Crippen molar-refractivity contribution in [1.29, 1.82) is 0 Å². The number of nitrogen functional groups attached to an aromatic ring is 1. The minimum atomic E-state index is -0.190. The van der Waals surface area contributed by atoms with Crippen molar-refractivity contribution in [3.8, 4) is 0 Å². The number of aryl methyl sites for hydroxylation is 1. The molecule has 0 fully saturated rings. The van der Waals surface area contributed by atoms with E-state index in [4.69, 9.17) is 17.3 Å². The molecule has 0 heterocycles. The van der Waals surface area contributed by atoms with Crippen LogP contribution in [0.15, 0.2) is 36.4 Å². The molecule has 0 saturated carbocycles. The number of amides is 1. The highest BCUT2D eigenvalue weighted by atomic mass is 35.5. The first-order valence-corrected chi connectivity index (χ1v) is 6.91. The van der Waals surface area contributed by atoms with Crippen molar-refractivity contribution in [3.63, 3.8) is 0 Å². The molecule has 2 aromatic rings. The maximum atomic E-state index is 12.3. The molecule has 110 valence electrons. The number of anilines is 3. The van der Waals surface area contributed by atoms with Crippen LogP contribution in [0.1, 0.15) is 15.9 Å². The lowest BCUT2D eigenvalue weighted by atomic mass is 10.1. The molecule has 2 aromatic carbocycles. The van der Waals surface area contributed by atoms with Crippen LogP contribution in [0, 0.1) is 6.92 Å².